The van der Waals surface area contributed by atoms with E-state index in [0.29, 0.717) is 12.8 Å². The number of carboxylic acid groups (broad SMARTS) is 1. The number of carboxylic acids is 1. The molecule has 1 fully saturated rings. The number of carbonyl (C=O) groups excluding carboxylic acids is 2. The van der Waals surface area contributed by atoms with Crippen molar-refractivity contribution in [1.29, 1.82) is 0 Å². The molecule has 1 aliphatic heterocycles. The molecule has 0 radical (unpaired) electrons. The Bertz CT molecular complexity index is 1220. The van der Waals surface area contributed by atoms with Crippen LogP contribution in [-0.4, -0.2) is 65.7 Å². The van der Waals surface area contributed by atoms with Crippen LogP contribution in [-0.2, 0) is 30.8 Å². The standard InChI is InChI=1S/C23H26N4O8S/c28-21(13-8-16-5-2-1-3-6-16)24-15-19(23(30)31)25-22(29)20-7-4-14-26(20)36(34,35)18-11-9-17(10-12-18)27(32)33/h1-3,5-6,9-12,19-20H,4,7-8,13-15H2,(H,24,28)(H,25,29)(H,30,31)/t19-,20-/m0/s1. The molecule has 13 heteroatoms. The van der Waals surface area contributed by atoms with Gasteiger partial charge in [0.05, 0.1) is 9.82 Å². The molecule has 2 aromatic rings. The summed E-state index contributed by atoms with van der Waals surface area (Å²) in [5.74, 6) is -2.57. The average molecular weight is 519 g/mol. The molecule has 1 saturated heterocycles. The number of nitrogens with one attached hydrogen (secondary N) is 2. The molecule has 12 nitrogen and oxygen atoms in total. The van der Waals surface area contributed by atoms with Crippen molar-refractivity contribution in [3.63, 3.8) is 0 Å². The number of aliphatic carboxylic acids is 1. The maximum absolute atomic E-state index is 13.1. The minimum atomic E-state index is -4.16. The molecule has 0 aromatic heterocycles. The van der Waals surface area contributed by atoms with Crippen LogP contribution in [0.25, 0.3) is 0 Å². The first kappa shape index (κ1) is 26.8. The maximum atomic E-state index is 13.1. The maximum Gasteiger partial charge on any atom is 0.328 e. The summed E-state index contributed by atoms with van der Waals surface area (Å²) in [7, 11) is -4.16. The van der Waals surface area contributed by atoms with Gasteiger partial charge in [-0.15, -0.1) is 0 Å². The molecular formula is C23H26N4O8S. The van der Waals surface area contributed by atoms with Gasteiger partial charge in [0.25, 0.3) is 5.69 Å². The monoisotopic (exact) mass is 518 g/mol. The molecule has 0 aliphatic carbocycles. The number of nitro benzene ring substituents is 1. The summed E-state index contributed by atoms with van der Waals surface area (Å²) in [5, 5.41) is 25.1. The van der Waals surface area contributed by atoms with Crippen LogP contribution < -0.4 is 10.6 Å². The van der Waals surface area contributed by atoms with Crippen LogP contribution >= 0.6 is 0 Å². The minimum absolute atomic E-state index is 0.0331. The highest BCUT2D eigenvalue weighted by molar-refractivity contribution is 7.89. The second kappa shape index (κ2) is 11.7. The van der Waals surface area contributed by atoms with Crippen molar-refractivity contribution < 1.29 is 32.8 Å². The number of carbonyl (C=O) groups is 3. The van der Waals surface area contributed by atoms with Gasteiger partial charge in [0.1, 0.15) is 12.1 Å². The summed E-state index contributed by atoms with van der Waals surface area (Å²) in [5.41, 5.74) is 0.672. The molecule has 36 heavy (non-hydrogen) atoms. The van der Waals surface area contributed by atoms with Crippen molar-refractivity contribution in [3.8, 4) is 0 Å². The summed E-state index contributed by atoms with van der Waals surface area (Å²) in [4.78, 5) is 46.6. The number of hydrogen-bond donors (Lipinski definition) is 3. The second-order valence-corrected chi connectivity index (χ2v) is 10.1. The molecule has 192 valence electrons. The lowest BCUT2D eigenvalue weighted by molar-refractivity contribution is -0.384. The number of nitrogens with zero attached hydrogens (tertiary/aromatic N) is 2. The van der Waals surface area contributed by atoms with Crippen molar-refractivity contribution in [3.05, 3.63) is 70.3 Å². The normalized spacial score (nSPS) is 16.7. The molecule has 0 unspecified atom stereocenters. The molecule has 3 N–H and O–H groups in total. The fourth-order valence-electron chi connectivity index (χ4n) is 3.84. The van der Waals surface area contributed by atoms with Crippen LogP contribution in [0.15, 0.2) is 59.5 Å². The lowest BCUT2D eigenvalue weighted by Crippen LogP contribution is -2.54. The number of sulfonamides is 1. The Morgan fingerprint density at radius 2 is 1.78 bits per heavy atom. The predicted octanol–water partition coefficient (Wildman–Crippen LogP) is 1.07. The summed E-state index contributed by atoms with van der Waals surface area (Å²) < 4.78 is 27.1. The van der Waals surface area contributed by atoms with E-state index in [1.54, 1.807) is 0 Å². The third kappa shape index (κ3) is 6.64. The van der Waals surface area contributed by atoms with Crippen LogP contribution in [0.2, 0.25) is 0 Å². The fourth-order valence-corrected chi connectivity index (χ4v) is 5.50. The average Bonchev–Trinajstić information content (AvgIpc) is 3.37. The van der Waals surface area contributed by atoms with Gasteiger partial charge in [-0.2, -0.15) is 4.31 Å². The van der Waals surface area contributed by atoms with Crippen molar-refractivity contribution in [2.24, 2.45) is 0 Å². The van der Waals surface area contributed by atoms with Crippen LogP contribution in [0.1, 0.15) is 24.8 Å². The Morgan fingerprint density at radius 1 is 1.11 bits per heavy atom. The van der Waals surface area contributed by atoms with E-state index in [2.05, 4.69) is 10.6 Å². The summed E-state index contributed by atoms with van der Waals surface area (Å²) in [6, 6.07) is 11.0. The van der Waals surface area contributed by atoms with E-state index >= 15 is 0 Å². The van der Waals surface area contributed by atoms with Gasteiger partial charge >= 0.3 is 5.97 Å². The van der Waals surface area contributed by atoms with E-state index in [-0.39, 0.29) is 42.4 Å². The van der Waals surface area contributed by atoms with Crippen LogP contribution in [0, 0.1) is 10.1 Å². The van der Waals surface area contributed by atoms with Crippen LogP contribution in [0.5, 0.6) is 0 Å². The highest BCUT2D eigenvalue weighted by Gasteiger charge is 2.40. The molecule has 0 spiro atoms. The zero-order valence-corrected chi connectivity index (χ0v) is 20.0. The van der Waals surface area contributed by atoms with E-state index < -0.39 is 38.9 Å². The molecule has 3 rings (SSSR count). The summed E-state index contributed by atoms with van der Waals surface area (Å²) in [6.07, 6.45) is 1.15. The van der Waals surface area contributed by atoms with Crippen LogP contribution in [0.3, 0.4) is 0 Å². The Morgan fingerprint density at radius 3 is 2.39 bits per heavy atom. The number of rotatable bonds is 11. The molecule has 1 heterocycles. The van der Waals surface area contributed by atoms with Gasteiger partial charge in [0.15, 0.2) is 0 Å². The quantitative estimate of drug-likeness (QED) is 0.292. The zero-order valence-electron chi connectivity index (χ0n) is 19.2. The summed E-state index contributed by atoms with van der Waals surface area (Å²) in [6.45, 7) is -0.331. The first-order valence-corrected chi connectivity index (χ1v) is 12.6. The minimum Gasteiger partial charge on any atom is -0.480 e. The van der Waals surface area contributed by atoms with Gasteiger partial charge in [0.2, 0.25) is 21.8 Å². The molecule has 0 saturated carbocycles. The van der Waals surface area contributed by atoms with E-state index in [4.69, 9.17) is 0 Å². The Labute approximate surface area is 207 Å². The van der Waals surface area contributed by atoms with Gasteiger partial charge in [-0.25, -0.2) is 13.2 Å². The predicted molar refractivity (Wildman–Crippen MR) is 127 cm³/mol. The van der Waals surface area contributed by atoms with E-state index in [1.807, 2.05) is 30.3 Å². The Balaban J connectivity index is 1.61. The van der Waals surface area contributed by atoms with Crippen molar-refractivity contribution in [1.82, 2.24) is 14.9 Å². The highest BCUT2D eigenvalue weighted by atomic mass is 32.2. The second-order valence-electron chi connectivity index (χ2n) is 8.21. The third-order valence-electron chi connectivity index (χ3n) is 5.76. The molecule has 1 aliphatic rings. The van der Waals surface area contributed by atoms with Gasteiger partial charge in [-0.1, -0.05) is 30.3 Å². The van der Waals surface area contributed by atoms with Gasteiger partial charge in [0, 0.05) is 31.6 Å². The SMILES string of the molecule is O=C(CCc1ccccc1)NC[C@H](NC(=O)[C@@H]1CCCN1S(=O)(=O)c1ccc([N+](=O)[O-])cc1)C(=O)O. The van der Waals surface area contributed by atoms with Gasteiger partial charge in [-0.3, -0.25) is 19.7 Å². The molecule has 0 bridgehead atoms. The third-order valence-corrected chi connectivity index (χ3v) is 7.68. The Kier molecular flexibility index (Phi) is 8.72. The number of aryl methyl sites for hydroxylation is 1. The van der Waals surface area contributed by atoms with E-state index in [1.165, 1.54) is 0 Å². The molecular weight excluding hydrogens is 492 g/mol. The fraction of sp³-hybridized carbons (Fsp3) is 0.348. The highest BCUT2D eigenvalue weighted by Crippen LogP contribution is 2.27. The first-order chi connectivity index (χ1) is 17.1. The molecule has 2 aromatic carbocycles. The smallest absolute Gasteiger partial charge is 0.328 e. The summed E-state index contributed by atoms with van der Waals surface area (Å²) >= 11 is 0. The molecule has 2 amide bonds. The van der Waals surface area contributed by atoms with Crippen molar-refractivity contribution in [2.45, 2.75) is 42.7 Å². The topological polar surface area (TPSA) is 176 Å². The number of nitro groups is 1. The van der Waals surface area contributed by atoms with Crippen LogP contribution in [0.4, 0.5) is 5.69 Å². The molecule has 2 atom stereocenters. The van der Waals surface area contributed by atoms with Crippen molar-refractivity contribution >= 4 is 33.5 Å². The van der Waals surface area contributed by atoms with Gasteiger partial charge < -0.3 is 15.7 Å². The van der Waals surface area contributed by atoms with Crippen molar-refractivity contribution in [2.75, 3.05) is 13.1 Å². The largest absolute Gasteiger partial charge is 0.480 e. The first-order valence-electron chi connectivity index (χ1n) is 11.2. The lowest BCUT2D eigenvalue weighted by atomic mass is 10.1. The van der Waals surface area contributed by atoms with E-state index in [9.17, 15) is 38.0 Å². The lowest BCUT2D eigenvalue weighted by Gasteiger charge is -2.25. The van der Waals surface area contributed by atoms with E-state index in [0.717, 1.165) is 34.1 Å². The number of hydrogen-bond acceptors (Lipinski definition) is 7. The van der Waals surface area contributed by atoms with Gasteiger partial charge in [-0.05, 0) is 37.0 Å². The number of non-ortho nitro benzene ring substituents is 1. The zero-order chi connectivity index (χ0) is 26.3. The Hall–Kier alpha value is -3.84. The number of benzene rings is 2. The number of amides is 2.